The normalized spacial score (nSPS) is 12.1. The van der Waals surface area contributed by atoms with Crippen LogP contribution in [0, 0.1) is 0 Å². The molecule has 0 spiro atoms. The van der Waals surface area contributed by atoms with Crippen molar-refractivity contribution in [1.29, 1.82) is 0 Å². The minimum Gasteiger partial charge on any atom is -0.396 e. The molecule has 0 aliphatic heterocycles. The number of nitrogens with one attached hydrogen (secondary N) is 1. The van der Waals surface area contributed by atoms with Gasteiger partial charge in [0.05, 0.1) is 0 Å². The summed E-state index contributed by atoms with van der Waals surface area (Å²) in [7, 11) is 0. The zero-order valence-corrected chi connectivity index (χ0v) is 11.1. The fraction of sp³-hybridized carbons (Fsp3) is 0.333. The summed E-state index contributed by atoms with van der Waals surface area (Å²) in [6.45, 7) is 2.20. The standard InChI is InChI=1S/C15H19N3O/c1-12(8-10-19)17-14-7-9-16-15(18-14)11-13-5-3-2-4-6-13/h2-7,9,12,19H,8,10-11H2,1H3,(H,16,17,18). The maximum atomic E-state index is 8.89. The predicted molar refractivity (Wildman–Crippen MR) is 76.1 cm³/mol. The molecule has 0 saturated carbocycles. The largest absolute Gasteiger partial charge is 0.396 e. The lowest BCUT2D eigenvalue weighted by Crippen LogP contribution is -2.17. The van der Waals surface area contributed by atoms with Crippen molar-refractivity contribution in [2.75, 3.05) is 11.9 Å². The fourth-order valence-corrected chi connectivity index (χ4v) is 1.86. The van der Waals surface area contributed by atoms with Gasteiger partial charge in [-0.3, -0.25) is 0 Å². The molecule has 0 radical (unpaired) electrons. The number of aliphatic hydroxyl groups excluding tert-OH is 1. The molecule has 1 heterocycles. The summed E-state index contributed by atoms with van der Waals surface area (Å²) in [6, 6.07) is 12.2. The minimum atomic E-state index is 0.177. The van der Waals surface area contributed by atoms with Gasteiger partial charge in [0.25, 0.3) is 0 Å². The molecule has 4 nitrogen and oxygen atoms in total. The molecule has 1 aromatic heterocycles. The molecule has 2 rings (SSSR count). The monoisotopic (exact) mass is 257 g/mol. The smallest absolute Gasteiger partial charge is 0.135 e. The lowest BCUT2D eigenvalue weighted by atomic mass is 10.1. The maximum Gasteiger partial charge on any atom is 0.135 e. The third kappa shape index (κ3) is 4.34. The van der Waals surface area contributed by atoms with Gasteiger partial charge in [-0.05, 0) is 25.0 Å². The molecule has 100 valence electrons. The highest BCUT2D eigenvalue weighted by atomic mass is 16.3. The van der Waals surface area contributed by atoms with Gasteiger partial charge >= 0.3 is 0 Å². The Balaban J connectivity index is 2.03. The summed E-state index contributed by atoms with van der Waals surface area (Å²) in [4.78, 5) is 8.77. The van der Waals surface area contributed by atoms with E-state index in [2.05, 4.69) is 27.4 Å². The molecular formula is C15H19N3O. The molecule has 1 aromatic carbocycles. The molecule has 0 bridgehead atoms. The van der Waals surface area contributed by atoms with E-state index in [0.717, 1.165) is 18.1 Å². The first-order chi connectivity index (χ1) is 9.28. The van der Waals surface area contributed by atoms with Crippen molar-refractivity contribution in [3.05, 3.63) is 54.0 Å². The number of rotatable bonds is 6. The van der Waals surface area contributed by atoms with Crippen molar-refractivity contribution in [2.45, 2.75) is 25.8 Å². The second kappa shape index (κ2) is 6.85. The van der Waals surface area contributed by atoms with Gasteiger partial charge in [-0.1, -0.05) is 30.3 Å². The SMILES string of the molecule is CC(CCO)Nc1ccnc(Cc2ccccc2)n1. The van der Waals surface area contributed by atoms with Crippen LogP contribution in [-0.2, 0) is 6.42 Å². The zero-order chi connectivity index (χ0) is 13.5. The Morgan fingerprint density at radius 3 is 2.74 bits per heavy atom. The van der Waals surface area contributed by atoms with Crippen LogP contribution in [0.25, 0.3) is 0 Å². The van der Waals surface area contributed by atoms with E-state index in [1.165, 1.54) is 5.56 Å². The maximum absolute atomic E-state index is 8.89. The quantitative estimate of drug-likeness (QED) is 0.833. The van der Waals surface area contributed by atoms with Crippen LogP contribution < -0.4 is 5.32 Å². The Kier molecular flexibility index (Phi) is 4.86. The Hall–Kier alpha value is -1.94. The van der Waals surface area contributed by atoms with Gasteiger partial charge in [-0.15, -0.1) is 0 Å². The molecule has 19 heavy (non-hydrogen) atoms. The Morgan fingerprint density at radius 2 is 2.00 bits per heavy atom. The minimum absolute atomic E-state index is 0.177. The van der Waals surface area contributed by atoms with Crippen LogP contribution in [0.15, 0.2) is 42.6 Å². The van der Waals surface area contributed by atoms with Gasteiger partial charge in [-0.2, -0.15) is 0 Å². The average molecular weight is 257 g/mol. The average Bonchev–Trinajstić information content (AvgIpc) is 2.40. The van der Waals surface area contributed by atoms with Crippen LogP contribution in [-0.4, -0.2) is 27.7 Å². The first-order valence-electron chi connectivity index (χ1n) is 6.51. The van der Waals surface area contributed by atoms with Gasteiger partial charge < -0.3 is 10.4 Å². The zero-order valence-electron chi connectivity index (χ0n) is 11.1. The highest BCUT2D eigenvalue weighted by Crippen LogP contribution is 2.09. The first-order valence-corrected chi connectivity index (χ1v) is 6.51. The number of nitrogens with zero attached hydrogens (tertiary/aromatic N) is 2. The molecule has 0 aliphatic rings. The van der Waals surface area contributed by atoms with E-state index < -0.39 is 0 Å². The molecule has 1 atom stereocenters. The molecule has 0 fully saturated rings. The number of hydrogen-bond acceptors (Lipinski definition) is 4. The molecule has 2 N–H and O–H groups in total. The van der Waals surface area contributed by atoms with E-state index in [4.69, 9.17) is 5.11 Å². The highest BCUT2D eigenvalue weighted by molar-refractivity contribution is 5.34. The van der Waals surface area contributed by atoms with Gasteiger partial charge in [0, 0.05) is 25.3 Å². The number of aliphatic hydroxyl groups is 1. The van der Waals surface area contributed by atoms with Crippen LogP contribution in [0.1, 0.15) is 24.7 Å². The summed E-state index contributed by atoms with van der Waals surface area (Å²) in [5.74, 6) is 1.61. The topological polar surface area (TPSA) is 58.0 Å². The molecule has 4 heteroatoms. The van der Waals surface area contributed by atoms with Gasteiger partial charge in [-0.25, -0.2) is 9.97 Å². The third-order valence-electron chi connectivity index (χ3n) is 2.87. The van der Waals surface area contributed by atoms with Crippen LogP contribution in [0.2, 0.25) is 0 Å². The van der Waals surface area contributed by atoms with E-state index >= 15 is 0 Å². The molecular weight excluding hydrogens is 238 g/mol. The molecule has 0 amide bonds. The lowest BCUT2D eigenvalue weighted by molar-refractivity contribution is 0.282. The number of benzene rings is 1. The van der Waals surface area contributed by atoms with Crippen molar-refractivity contribution in [3.8, 4) is 0 Å². The molecule has 1 unspecified atom stereocenters. The van der Waals surface area contributed by atoms with Gasteiger partial charge in [0.15, 0.2) is 0 Å². The van der Waals surface area contributed by atoms with Crippen molar-refractivity contribution in [3.63, 3.8) is 0 Å². The third-order valence-corrected chi connectivity index (χ3v) is 2.87. The van der Waals surface area contributed by atoms with Crippen LogP contribution in [0.4, 0.5) is 5.82 Å². The van der Waals surface area contributed by atoms with Crippen molar-refractivity contribution in [1.82, 2.24) is 9.97 Å². The van der Waals surface area contributed by atoms with E-state index in [0.29, 0.717) is 6.42 Å². The summed E-state index contributed by atoms with van der Waals surface area (Å²) in [5, 5.41) is 12.1. The first kappa shape index (κ1) is 13.5. The predicted octanol–water partition coefficient (Wildman–Crippen LogP) is 2.25. The highest BCUT2D eigenvalue weighted by Gasteiger charge is 2.04. The van der Waals surface area contributed by atoms with E-state index in [1.54, 1.807) is 6.20 Å². The summed E-state index contributed by atoms with van der Waals surface area (Å²) in [6.07, 6.45) is 3.20. The second-order valence-electron chi connectivity index (χ2n) is 4.58. The molecule has 0 saturated heterocycles. The van der Waals surface area contributed by atoms with Crippen LogP contribution in [0.3, 0.4) is 0 Å². The Bertz CT molecular complexity index is 502. The summed E-state index contributed by atoms with van der Waals surface area (Å²) < 4.78 is 0. The lowest BCUT2D eigenvalue weighted by Gasteiger charge is -2.13. The van der Waals surface area contributed by atoms with Crippen molar-refractivity contribution >= 4 is 5.82 Å². The van der Waals surface area contributed by atoms with Gasteiger partial charge in [0.2, 0.25) is 0 Å². The Labute approximate surface area is 113 Å². The Morgan fingerprint density at radius 1 is 1.21 bits per heavy atom. The summed E-state index contributed by atoms with van der Waals surface area (Å²) >= 11 is 0. The number of aromatic nitrogens is 2. The second-order valence-corrected chi connectivity index (χ2v) is 4.58. The van der Waals surface area contributed by atoms with Crippen LogP contribution in [0.5, 0.6) is 0 Å². The van der Waals surface area contributed by atoms with Crippen molar-refractivity contribution in [2.24, 2.45) is 0 Å². The molecule has 0 aliphatic carbocycles. The number of anilines is 1. The van der Waals surface area contributed by atoms with Gasteiger partial charge in [0.1, 0.15) is 11.6 Å². The fourth-order valence-electron chi connectivity index (χ4n) is 1.86. The van der Waals surface area contributed by atoms with Crippen LogP contribution >= 0.6 is 0 Å². The molecule has 2 aromatic rings. The van der Waals surface area contributed by atoms with Crippen molar-refractivity contribution < 1.29 is 5.11 Å². The van der Waals surface area contributed by atoms with E-state index in [9.17, 15) is 0 Å². The van der Waals surface area contributed by atoms with E-state index in [1.807, 2.05) is 31.2 Å². The number of hydrogen-bond donors (Lipinski definition) is 2. The summed E-state index contributed by atoms with van der Waals surface area (Å²) in [5.41, 5.74) is 1.20. The van der Waals surface area contributed by atoms with E-state index in [-0.39, 0.29) is 12.6 Å².